The Kier molecular flexibility index (Phi) is 10.2. The molecule has 7 heteroatoms. The average molecular weight is 311 g/mol. The summed E-state index contributed by atoms with van der Waals surface area (Å²) in [5, 5.41) is 0. The Labute approximate surface area is 120 Å². The van der Waals surface area contributed by atoms with Gasteiger partial charge in [-0.1, -0.05) is 0 Å². The maximum atomic E-state index is 5.82. The Morgan fingerprint density at radius 2 is 1.16 bits per heavy atom. The van der Waals surface area contributed by atoms with E-state index >= 15 is 0 Å². The minimum absolute atomic E-state index is 0.621. The van der Waals surface area contributed by atoms with E-state index < -0.39 is 17.4 Å². The minimum atomic E-state index is -2.51. The van der Waals surface area contributed by atoms with E-state index in [2.05, 4.69) is 6.55 Å². The van der Waals surface area contributed by atoms with Crippen LogP contribution in [0.25, 0.3) is 0 Å². The van der Waals surface area contributed by atoms with Crippen molar-refractivity contribution in [3.05, 3.63) is 0 Å². The van der Waals surface area contributed by atoms with E-state index in [9.17, 15) is 0 Å². The van der Waals surface area contributed by atoms with E-state index in [4.69, 9.17) is 22.1 Å². The molecule has 5 nitrogen and oxygen atoms in total. The van der Waals surface area contributed by atoms with Crippen LogP contribution in [-0.4, -0.2) is 51.4 Å². The smallest absolute Gasteiger partial charge is 0.398 e. The van der Waals surface area contributed by atoms with E-state index in [0.29, 0.717) is 19.8 Å². The molecule has 0 saturated carbocycles. The Bertz CT molecular complexity index is 207. The van der Waals surface area contributed by atoms with E-state index in [0.717, 1.165) is 18.5 Å². The van der Waals surface area contributed by atoms with Crippen LogP contribution in [0.5, 0.6) is 0 Å². The summed E-state index contributed by atoms with van der Waals surface area (Å²) in [5.74, 6) is 0. The van der Waals surface area contributed by atoms with Crippen LogP contribution in [0.2, 0.25) is 18.6 Å². The molecule has 116 valence electrons. The fraction of sp³-hybridized carbons (Fsp3) is 1.00. The van der Waals surface area contributed by atoms with Crippen LogP contribution in [0.4, 0.5) is 0 Å². The highest BCUT2D eigenvalue weighted by atomic mass is 28.4. The van der Waals surface area contributed by atoms with E-state index in [1.807, 2.05) is 20.8 Å². The van der Waals surface area contributed by atoms with Crippen LogP contribution >= 0.6 is 0 Å². The summed E-state index contributed by atoms with van der Waals surface area (Å²) in [5.41, 5.74) is 0. The molecular weight excluding hydrogens is 280 g/mol. The standard InChI is InChI=1S/C12H30O5Si2/c1-7-15-19(16-8-2,17-9-3)12-10-11-18(6,13-4)14-5/h7-12H2,1-6H3. The summed E-state index contributed by atoms with van der Waals surface area (Å²) in [4.78, 5) is 0. The van der Waals surface area contributed by atoms with Gasteiger partial charge in [-0.25, -0.2) is 0 Å². The second-order valence-corrected chi connectivity index (χ2v) is 10.7. The largest absolute Gasteiger partial charge is 0.500 e. The quantitative estimate of drug-likeness (QED) is 0.519. The SMILES string of the molecule is CCO[Si](CCC[Si](C)(OC)OC)(OCC)OCC. The van der Waals surface area contributed by atoms with E-state index in [1.54, 1.807) is 14.2 Å². The van der Waals surface area contributed by atoms with Gasteiger partial charge in [0.05, 0.1) is 0 Å². The zero-order chi connectivity index (χ0) is 14.8. The van der Waals surface area contributed by atoms with Crippen LogP contribution in [-0.2, 0) is 22.1 Å². The molecule has 0 spiro atoms. The molecule has 0 N–H and O–H groups in total. The highest BCUT2D eigenvalue weighted by Gasteiger charge is 2.41. The molecule has 0 aromatic rings. The third-order valence-electron chi connectivity index (χ3n) is 3.07. The van der Waals surface area contributed by atoms with Gasteiger partial charge in [-0.05, 0) is 39.8 Å². The van der Waals surface area contributed by atoms with Crippen molar-refractivity contribution in [2.24, 2.45) is 0 Å². The maximum Gasteiger partial charge on any atom is 0.500 e. The molecule has 0 aromatic heterocycles. The van der Waals surface area contributed by atoms with Gasteiger partial charge in [-0.15, -0.1) is 0 Å². The first-order valence-electron chi connectivity index (χ1n) is 7.03. The molecule has 0 bridgehead atoms. The molecule has 0 saturated heterocycles. The number of hydrogen-bond acceptors (Lipinski definition) is 5. The maximum absolute atomic E-state index is 5.82. The van der Waals surface area contributed by atoms with Crippen molar-refractivity contribution in [1.82, 2.24) is 0 Å². The van der Waals surface area contributed by atoms with Crippen molar-refractivity contribution in [3.8, 4) is 0 Å². The molecule has 0 atom stereocenters. The lowest BCUT2D eigenvalue weighted by Crippen LogP contribution is -2.46. The zero-order valence-electron chi connectivity index (χ0n) is 13.3. The topological polar surface area (TPSA) is 46.2 Å². The van der Waals surface area contributed by atoms with Gasteiger partial charge >= 0.3 is 17.4 Å². The predicted molar refractivity (Wildman–Crippen MR) is 80.5 cm³/mol. The van der Waals surface area contributed by atoms with Gasteiger partial charge in [0.25, 0.3) is 0 Å². The summed E-state index contributed by atoms with van der Waals surface area (Å²) < 4.78 is 28.4. The van der Waals surface area contributed by atoms with Gasteiger partial charge in [0.15, 0.2) is 0 Å². The molecule has 0 heterocycles. The van der Waals surface area contributed by atoms with Crippen molar-refractivity contribution < 1.29 is 22.1 Å². The lowest BCUT2D eigenvalue weighted by atomic mass is 10.6. The number of rotatable bonds is 12. The molecule has 0 aliphatic heterocycles. The molecule has 0 radical (unpaired) electrons. The fourth-order valence-electron chi connectivity index (χ4n) is 1.91. The summed E-state index contributed by atoms with van der Waals surface area (Å²) >= 11 is 0. The molecule has 0 unspecified atom stereocenters. The average Bonchev–Trinajstić information content (AvgIpc) is 2.39. The van der Waals surface area contributed by atoms with Gasteiger partial charge in [-0.2, -0.15) is 0 Å². The van der Waals surface area contributed by atoms with E-state index in [1.165, 1.54) is 0 Å². The van der Waals surface area contributed by atoms with Crippen molar-refractivity contribution in [2.75, 3.05) is 34.0 Å². The fourth-order valence-corrected chi connectivity index (χ4v) is 6.27. The van der Waals surface area contributed by atoms with Crippen LogP contribution in [0.15, 0.2) is 0 Å². The van der Waals surface area contributed by atoms with Gasteiger partial charge in [0.1, 0.15) is 0 Å². The van der Waals surface area contributed by atoms with E-state index in [-0.39, 0.29) is 0 Å². The zero-order valence-corrected chi connectivity index (χ0v) is 15.3. The normalized spacial score (nSPS) is 12.9. The molecule has 0 aliphatic carbocycles. The monoisotopic (exact) mass is 310 g/mol. The lowest BCUT2D eigenvalue weighted by Gasteiger charge is -2.29. The summed E-state index contributed by atoms with van der Waals surface area (Å²) in [6, 6.07) is 1.74. The van der Waals surface area contributed by atoms with Gasteiger partial charge in [-0.3, -0.25) is 0 Å². The Balaban J connectivity index is 4.46. The van der Waals surface area contributed by atoms with Gasteiger partial charge in [0.2, 0.25) is 0 Å². The summed E-state index contributed by atoms with van der Waals surface area (Å²) in [7, 11) is -1.09. The summed E-state index contributed by atoms with van der Waals surface area (Å²) in [6.07, 6.45) is 0.941. The van der Waals surface area contributed by atoms with Crippen LogP contribution < -0.4 is 0 Å². The molecule has 0 amide bonds. The molecular formula is C12H30O5Si2. The van der Waals surface area contributed by atoms with Gasteiger partial charge < -0.3 is 22.1 Å². The Morgan fingerprint density at radius 1 is 0.737 bits per heavy atom. The molecule has 19 heavy (non-hydrogen) atoms. The predicted octanol–water partition coefficient (Wildman–Crippen LogP) is 2.79. The van der Waals surface area contributed by atoms with Crippen LogP contribution in [0.1, 0.15) is 27.2 Å². The number of hydrogen-bond donors (Lipinski definition) is 0. The minimum Gasteiger partial charge on any atom is -0.398 e. The van der Waals surface area contributed by atoms with Crippen molar-refractivity contribution >= 4 is 17.4 Å². The first-order chi connectivity index (χ1) is 9.01. The molecule has 0 aliphatic rings. The van der Waals surface area contributed by atoms with Crippen LogP contribution in [0.3, 0.4) is 0 Å². The van der Waals surface area contributed by atoms with Crippen molar-refractivity contribution in [3.63, 3.8) is 0 Å². The third kappa shape index (κ3) is 6.98. The Morgan fingerprint density at radius 3 is 1.47 bits per heavy atom. The van der Waals surface area contributed by atoms with Gasteiger partial charge in [0, 0.05) is 40.1 Å². The van der Waals surface area contributed by atoms with Crippen molar-refractivity contribution in [1.29, 1.82) is 0 Å². The highest BCUT2D eigenvalue weighted by molar-refractivity contribution is 6.66. The molecule has 0 rings (SSSR count). The second kappa shape index (κ2) is 10.0. The lowest BCUT2D eigenvalue weighted by molar-refractivity contribution is 0.0710. The molecule has 0 aromatic carbocycles. The second-order valence-electron chi connectivity index (χ2n) is 4.38. The Hall–Kier alpha value is 0.234. The summed E-state index contributed by atoms with van der Waals surface area (Å²) in [6.45, 7) is 9.85. The first kappa shape index (κ1) is 19.2. The van der Waals surface area contributed by atoms with Crippen molar-refractivity contribution in [2.45, 2.75) is 45.8 Å². The first-order valence-corrected chi connectivity index (χ1v) is 11.5. The highest BCUT2D eigenvalue weighted by Crippen LogP contribution is 2.23. The molecule has 0 fully saturated rings. The third-order valence-corrected chi connectivity index (χ3v) is 9.21. The van der Waals surface area contributed by atoms with Crippen LogP contribution in [0, 0.1) is 0 Å².